The minimum absolute atomic E-state index is 0.0161. The molecule has 0 aliphatic rings. The van der Waals surface area contributed by atoms with Crippen LogP contribution in [0.25, 0.3) is 34.0 Å². The van der Waals surface area contributed by atoms with Gasteiger partial charge in [0.2, 0.25) is 0 Å². The molecule has 0 spiro atoms. The van der Waals surface area contributed by atoms with Crippen molar-refractivity contribution in [2.24, 2.45) is 7.05 Å². The van der Waals surface area contributed by atoms with Crippen LogP contribution in [-0.4, -0.2) is 32.9 Å². The second-order valence-corrected chi connectivity index (χ2v) is 8.69. The van der Waals surface area contributed by atoms with Gasteiger partial charge in [-0.25, -0.2) is 4.98 Å². The lowest BCUT2D eigenvalue weighted by molar-refractivity contribution is 0.278. The quantitative estimate of drug-likeness (QED) is 0.377. The molecule has 0 amide bonds. The number of aliphatic hydroxyl groups excluding tert-OH is 1. The van der Waals surface area contributed by atoms with Crippen LogP contribution < -0.4 is 10.3 Å². The number of aliphatic hydroxyl groups is 1. The molecule has 1 N–H and O–H groups in total. The Morgan fingerprint density at radius 3 is 2.71 bits per heavy atom. The number of halogens is 1. The normalized spacial score (nSPS) is 11.8. The first-order chi connectivity index (χ1) is 14.9. The summed E-state index contributed by atoms with van der Waals surface area (Å²) in [6.07, 6.45) is 4.38. The standard InChI is InChI=1S/C24H24IN3O3/c1-15-18(19-14-17(31-3)6-9-22(19)27(15)2)7-10-23-26-21-8-5-16(25)13-20(21)24(30)28(23)11-4-12-29/h5-10,13-14,29H,4,11-12H2,1-3H3. The Kier molecular flexibility index (Phi) is 6.15. The van der Waals surface area contributed by atoms with Gasteiger partial charge in [-0.15, -0.1) is 0 Å². The number of nitrogens with zero attached hydrogens (tertiary/aromatic N) is 3. The van der Waals surface area contributed by atoms with Crippen LogP contribution in [-0.2, 0) is 13.6 Å². The second-order valence-electron chi connectivity index (χ2n) is 7.44. The fraction of sp³-hybridized carbons (Fsp3) is 0.250. The van der Waals surface area contributed by atoms with Crippen LogP contribution in [0.5, 0.6) is 5.75 Å². The molecule has 0 aliphatic carbocycles. The number of rotatable bonds is 6. The number of aryl methyl sites for hydroxylation is 1. The molecule has 4 aromatic rings. The molecular weight excluding hydrogens is 505 g/mol. The van der Waals surface area contributed by atoms with Gasteiger partial charge < -0.3 is 14.4 Å². The number of methoxy groups -OCH3 is 1. The molecule has 4 rings (SSSR count). The molecule has 31 heavy (non-hydrogen) atoms. The average Bonchev–Trinajstić information content (AvgIpc) is 3.01. The van der Waals surface area contributed by atoms with Crippen LogP contribution in [0.3, 0.4) is 0 Å². The molecule has 0 radical (unpaired) electrons. The Morgan fingerprint density at radius 1 is 1.16 bits per heavy atom. The van der Waals surface area contributed by atoms with E-state index in [-0.39, 0.29) is 12.2 Å². The zero-order chi connectivity index (χ0) is 22.1. The summed E-state index contributed by atoms with van der Waals surface area (Å²) in [4.78, 5) is 17.9. The maximum atomic E-state index is 13.2. The molecular formula is C24H24IN3O3. The smallest absolute Gasteiger partial charge is 0.261 e. The zero-order valence-corrected chi connectivity index (χ0v) is 19.9. The van der Waals surface area contributed by atoms with E-state index in [9.17, 15) is 9.90 Å². The summed E-state index contributed by atoms with van der Waals surface area (Å²) < 4.78 is 10.2. The molecule has 0 saturated carbocycles. The van der Waals surface area contributed by atoms with Crippen LogP contribution in [0.4, 0.5) is 0 Å². The van der Waals surface area contributed by atoms with Gasteiger partial charge in [-0.05, 0) is 84.5 Å². The lowest BCUT2D eigenvalue weighted by Gasteiger charge is -2.11. The molecule has 0 aliphatic heterocycles. The van der Waals surface area contributed by atoms with Crippen LogP contribution in [0, 0.1) is 10.5 Å². The van der Waals surface area contributed by atoms with E-state index in [2.05, 4.69) is 34.1 Å². The molecule has 2 aromatic heterocycles. The zero-order valence-electron chi connectivity index (χ0n) is 17.7. The van der Waals surface area contributed by atoms with Crippen molar-refractivity contribution in [2.75, 3.05) is 13.7 Å². The number of fused-ring (bicyclic) bond motifs is 2. The van der Waals surface area contributed by atoms with Gasteiger partial charge in [0, 0.05) is 45.9 Å². The van der Waals surface area contributed by atoms with Gasteiger partial charge in [0.05, 0.1) is 18.0 Å². The highest BCUT2D eigenvalue weighted by Crippen LogP contribution is 2.30. The van der Waals surface area contributed by atoms with Crippen LogP contribution in [0.2, 0.25) is 0 Å². The first-order valence-electron chi connectivity index (χ1n) is 10.1. The van der Waals surface area contributed by atoms with E-state index in [0.29, 0.717) is 29.7 Å². The minimum atomic E-state index is -0.0899. The van der Waals surface area contributed by atoms with E-state index in [1.807, 2.05) is 55.6 Å². The Balaban J connectivity index is 1.89. The van der Waals surface area contributed by atoms with Crippen LogP contribution in [0.1, 0.15) is 23.5 Å². The molecule has 6 nitrogen and oxygen atoms in total. The second kappa shape index (κ2) is 8.84. The molecule has 7 heteroatoms. The third-order valence-corrected chi connectivity index (χ3v) is 6.30. The Bertz CT molecular complexity index is 1370. The van der Waals surface area contributed by atoms with Crippen molar-refractivity contribution < 1.29 is 9.84 Å². The predicted octanol–water partition coefficient (Wildman–Crippen LogP) is 4.36. The van der Waals surface area contributed by atoms with E-state index in [0.717, 1.165) is 31.5 Å². The van der Waals surface area contributed by atoms with Crippen molar-refractivity contribution in [3.63, 3.8) is 0 Å². The van der Waals surface area contributed by atoms with Crippen molar-refractivity contribution >= 4 is 56.5 Å². The molecule has 0 fully saturated rings. The highest BCUT2D eigenvalue weighted by Gasteiger charge is 2.13. The van der Waals surface area contributed by atoms with E-state index in [1.165, 1.54) is 0 Å². The van der Waals surface area contributed by atoms with Crippen molar-refractivity contribution in [1.82, 2.24) is 14.1 Å². The molecule has 2 heterocycles. The Labute approximate surface area is 193 Å². The molecule has 0 unspecified atom stereocenters. The number of hydrogen-bond acceptors (Lipinski definition) is 4. The lowest BCUT2D eigenvalue weighted by atomic mass is 10.1. The van der Waals surface area contributed by atoms with Gasteiger partial charge in [0.15, 0.2) is 0 Å². The van der Waals surface area contributed by atoms with Gasteiger partial charge >= 0.3 is 0 Å². The van der Waals surface area contributed by atoms with Crippen molar-refractivity contribution in [2.45, 2.75) is 19.9 Å². The summed E-state index contributed by atoms with van der Waals surface area (Å²) in [6.45, 7) is 2.49. The first kappa shape index (κ1) is 21.6. The Hall–Kier alpha value is -2.65. The lowest BCUT2D eigenvalue weighted by Crippen LogP contribution is -2.24. The number of ether oxygens (including phenoxy) is 1. The van der Waals surface area contributed by atoms with E-state index in [4.69, 9.17) is 9.72 Å². The predicted molar refractivity (Wildman–Crippen MR) is 134 cm³/mol. The number of aromatic nitrogens is 3. The highest BCUT2D eigenvalue weighted by molar-refractivity contribution is 14.1. The molecule has 0 saturated heterocycles. The number of hydrogen-bond donors (Lipinski definition) is 1. The minimum Gasteiger partial charge on any atom is -0.497 e. The van der Waals surface area contributed by atoms with Crippen LogP contribution in [0.15, 0.2) is 41.2 Å². The summed E-state index contributed by atoms with van der Waals surface area (Å²) in [5.41, 5.74) is 3.85. The molecule has 160 valence electrons. The Morgan fingerprint density at radius 2 is 1.97 bits per heavy atom. The van der Waals surface area contributed by atoms with Crippen molar-refractivity contribution in [3.8, 4) is 5.75 Å². The van der Waals surface area contributed by atoms with E-state index >= 15 is 0 Å². The fourth-order valence-corrected chi connectivity index (χ4v) is 4.35. The van der Waals surface area contributed by atoms with Crippen molar-refractivity contribution in [3.05, 3.63) is 67.4 Å². The van der Waals surface area contributed by atoms with Crippen molar-refractivity contribution in [1.29, 1.82) is 0 Å². The summed E-state index contributed by atoms with van der Waals surface area (Å²) in [5.74, 6) is 1.37. The first-order valence-corrected chi connectivity index (χ1v) is 11.1. The highest BCUT2D eigenvalue weighted by atomic mass is 127. The van der Waals surface area contributed by atoms with E-state index < -0.39 is 0 Å². The monoisotopic (exact) mass is 529 g/mol. The SMILES string of the molecule is COc1ccc2c(c1)c(C=Cc1nc3ccc(I)cc3c(=O)n1CCCO)c(C)n2C. The third kappa shape index (κ3) is 3.99. The maximum absolute atomic E-state index is 13.2. The molecule has 0 atom stereocenters. The van der Waals surface area contributed by atoms with Gasteiger partial charge in [-0.2, -0.15) is 0 Å². The number of benzene rings is 2. The van der Waals surface area contributed by atoms with Crippen LogP contribution >= 0.6 is 22.6 Å². The summed E-state index contributed by atoms with van der Waals surface area (Å²) in [6, 6.07) is 11.7. The average molecular weight is 529 g/mol. The largest absolute Gasteiger partial charge is 0.497 e. The topological polar surface area (TPSA) is 69.3 Å². The van der Waals surface area contributed by atoms with E-state index in [1.54, 1.807) is 11.7 Å². The maximum Gasteiger partial charge on any atom is 0.261 e. The summed E-state index contributed by atoms with van der Waals surface area (Å²) in [7, 11) is 3.70. The fourth-order valence-electron chi connectivity index (χ4n) is 3.86. The summed E-state index contributed by atoms with van der Waals surface area (Å²) in [5, 5.41) is 11.0. The third-order valence-electron chi connectivity index (χ3n) is 5.63. The van der Waals surface area contributed by atoms with Gasteiger partial charge in [-0.1, -0.05) is 0 Å². The van der Waals surface area contributed by atoms with Gasteiger partial charge in [0.25, 0.3) is 5.56 Å². The molecule has 0 bridgehead atoms. The summed E-state index contributed by atoms with van der Waals surface area (Å²) >= 11 is 2.20. The molecule has 2 aromatic carbocycles. The van der Waals surface area contributed by atoms with Gasteiger partial charge in [0.1, 0.15) is 11.6 Å². The van der Waals surface area contributed by atoms with Gasteiger partial charge in [-0.3, -0.25) is 9.36 Å².